The molecule has 0 aromatic heterocycles. The normalized spacial score (nSPS) is 49.3. The Labute approximate surface area is 104 Å². The average Bonchev–Trinajstić information content (AvgIpc) is 2.63. The predicted molar refractivity (Wildman–Crippen MR) is 61.2 cm³/mol. The highest BCUT2D eigenvalue weighted by Gasteiger charge is 3.00. The second kappa shape index (κ2) is 2.60. The molecule has 0 amide bonds. The molecule has 3 N–H and O–H groups in total. The van der Waals surface area contributed by atoms with E-state index >= 15 is 0 Å². The van der Waals surface area contributed by atoms with Gasteiger partial charge in [-0.05, 0) is 0 Å². The molecule has 1 saturated carbocycles. The zero-order chi connectivity index (χ0) is 12.5. The Kier molecular flexibility index (Phi) is 1.67. The van der Waals surface area contributed by atoms with Crippen LogP contribution in [0.15, 0.2) is 0 Å². The highest BCUT2D eigenvalue weighted by Crippen LogP contribution is 2.83. The third-order valence-electron chi connectivity index (χ3n) is 4.60. The van der Waals surface area contributed by atoms with Crippen LogP contribution >= 0.6 is 11.8 Å². The molecule has 3 rings (SSSR count). The Morgan fingerprint density at radius 1 is 1.41 bits per heavy atom. The first-order valence-electron chi connectivity index (χ1n) is 5.47. The van der Waals surface area contributed by atoms with Crippen molar-refractivity contribution in [2.24, 2.45) is 22.0 Å². The summed E-state index contributed by atoms with van der Waals surface area (Å²) in [6, 6.07) is 4.58. The van der Waals surface area contributed by atoms with E-state index < -0.39 is 21.3 Å². The van der Waals surface area contributed by atoms with Crippen LogP contribution in [-0.4, -0.2) is 23.3 Å². The van der Waals surface area contributed by atoms with Crippen molar-refractivity contribution in [2.75, 3.05) is 12.4 Å². The molecule has 1 saturated heterocycles. The van der Waals surface area contributed by atoms with Gasteiger partial charge in [-0.25, -0.2) is 4.99 Å². The standard InChI is InChI=1S/C11H12N4OS/c1-8(2)9(5-12)7(14)15-11(10(8,9)6-13)16-3-4-17-11/h3-4H2,1-2H3,(H2,14,15)/p+1/t9-,10+,11+/m0/s1. The topological polar surface area (TPSA) is 96.8 Å². The van der Waals surface area contributed by atoms with Gasteiger partial charge in [0.15, 0.2) is 10.8 Å². The highest BCUT2D eigenvalue weighted by molar-refractivity contribution is 8.00. The van der Waals surface area contributed by atoms with Gasteiger partial charge in [-0.2, -0.15) is 10.5 Å². The van der Waals surface area contributed by atoms with E-state index in [0.717, 1.165) is 5.75 Å². The third kappa shape index (κ3) is 0.696. The number of hydrogen-bond acceptors (Lipinski definition) is 5. The van der Waals surface area contributed by atoms with Crippen molar-refractivity contribution in [3.05, 3.63) is 0 Å². The summed E-state index contributed by atoms with van der Waals surface area (Å²) in [6.07, 6.45) is 0. The van der Waals surface area contributed by atoms with Gasteiger partial charge >= 0.3 is 0 Å². The minimum absolute atomic E-state index is 0.376. The lowest BCUT2D eigenvalue weighted by Gasteiger charge is -2.25. The van der Waals surface area contributed by atoms with Crippen LogP contribution in [-0.2, 0) is 4.74 Å². The number of fused-ring (bicyclic) bond motifs is 2. The predicted octanol–water partition coefficient (Wildman–Crippen LogP) is -1.09. The monoisotopic (exact) mass is 249 g/mol. The Morgan fingerprint density at radius 3 is 2.53 bits per heavy atom. The van der Waals surface area contributed by atoms with Gasteiger partial charge in [-0.3, -0.25) is 5.73 Å². The van der Waals surface area contributed by atoms with Crippen LogP contribution in [0, 0.1) is 38.9 Å². The maximum atomic E-state index is 9.64. The fourth-order valence-corrected chi connectivity index (χ4v) is 5.19. The van der Waals surface area contributed by atoms with E-state index in [1.54, 1.807) is 0 Å². The molecule has 17 heavy (non-hydrogen) atoms. The lowest BCUT2D eigenvalue weighted by molar-refractivity contribution is -0.585. The van der Waals surface area contributed by atoms with E-state index in [9.17, 15) is 10.5 Å². The molecule has 88 valence electrons. The molecule has 0 radical (unpaired) electrons. The number of ether oxygens (including phenoxy) is 1. The lowest BCUT2D eigenvalue weighted by atomic mass is 9.95. The molecule has 2 aliphatic heterocycles. The Bertz CT molecular complexity index is 523. The van der Waals surface area contributed by atoms with Crippen molar-refractivity contribution in [3.8, 4) is 12.1 Å². The van der Waals surface area contributed by atoms with E-state index in [4.69, 9.17) is 10.5 Å². The summed E-state index contributed by atoms with van der Waals surface area (Å²) in [5, 5.41) is 18.3. The average molecular weight is 249 g/mol. The summed E-state index contributed by atoms with van der Waals surface area (Å²) in [6.45, 7) is 4.40. The van der Waals surface area contributed by atoms with E-state index in [0.29, 0.717) is 12.4 Å². The summed E-state index contributed by atoms with van der Waals surface area (Å²) >= 11 is 1.54. The molecular weight excluding hydrogens is 236 g/mol. The summed E-state index contributed by atoms with van der Waals surface area (Å²) in [5.41, 5.74) is 3.67. The Hall–Kier alpha value is -1.24. The number of nitrogens with zero attached hydrogens (tertiary/aromatic N) is 2. The first kappa shape index (κ1) is 10.9. The van der Waals surface area contributed by atoms with Gasteiger partial charge in [0, 0.05) is 11.2 Å². The molecule has 3 aliphatic rings. The molecular formula is C11H13N4OS+. The molecule has 2 heterocycles. The minimum Gasteiger partial charge on any atom is -0.327 e. The van der Waals surface area contributed by atoms with Gasteiger partial charge in [0.05, 0.1) is 18.7 Å². The quantitative estimate of drug-likeness (QED) is 0.569. The molecule has 5 nitrogen and oxygen atoms in total. The van der Waals surface area contributed by atoms with Gasteiger partial charge in [0.2, 0.25) is 0 Å². The van der Waals surface area contributed by atoms with E-state index in [-0.39, 0.29) is 0 Å². The SMILES string of the molecule is CC1(C)[C@@]2(C#N)[C@@]3([NH+]=C(N)[C@@]12C#N)OCCS3. The number of amidine groups is 1. The molecule has 1 spiro atoms. The van der Waals surface area contributed by atoms with Crippen molar-refractivity contribution >= 4 is 17.6 Å². The minimum atomic E-state index is -0.938. The molecule has 2 fully saturated rings. The molecule has 0 unspecified atom stereocenters. The van der Waals surface area contributed by atoms with E-state index in [1.165, 1.54) is 11.8 Å². The second-order valence-corrected chi connectivity index (χ2v) is 6.47. The molecule has 0 aromatic carbocycles. The molecule has 0 bridgehead atoms. The third-order valence-corrected chi connectivity index (χ3v) is 5.90. The highest BCUT2D eigenvalue weighted by atomic mass is 32.2. The van der Waals surface area contributed by atoms with Crippen LogP contribution in [0.5, 0.6) is 0 Å². The maximum absolute atomic E-state index is 9.64. The van der Waals surface area contributed by atoms with E-state index in [2.05, 4.69) is 17.1 Å². The first-order chi connectivity index (χ1) is 7.96. The van der Waals surface area contributed by atoms with Crippen molar-refractivity contribution in [1.82, 2.24) is 0 Å². The van der Waals surface area contributed by atoms with Gasteiger partial charge in [0.1, 0.15) is 0 Å². The smallest absolute Gasteiger partial charge is 0.277 e. The molecule has 6 heteroatoms. The summed E-state index contributed by atoms with van der Waals surface area (Å²) in [4.78, 5) is 3.06. The first-order valence-corrected chi connectivity index (χ1v) is 6.46. The van der Waals surface area contributed by atoms with Crippen molar-refractivity contribution in [2.45, 2.75) is 18.9 Å². The number of hydrogen-bond donors (Lipinski definition) is 2. The van der Waals surface area contributed by atoms with Crippen molar-refractivity contribution in [3.63, 3.8) is 0 Å². The fourth-order valence-electron chi connectivity index (χ4n) is 3.72. The van der Waals surface area contributed by atoms with Crippen LogP contribution in [0.3, 0.4) is 0 Å². The van der Waals surface area contributed by atoms with Crippen molar-refractivity contribution < 1.29 is 9.73 Å². The summed E-state index contributed by atoms with van der Waals surface area (Å²) < 4.78 is 5.76. The number of rotatable bonds is 0. The fraction of sp³-hybridized carbons (Fsp3) is 0.727. The van der Waals surface area contributed by atoms with Crippen molar-refractivity contribution in [1.29, 1.82) is 10.5 Å². The second-order valence-electron chi connectivity index (χ2n) is 5.20. The van der Waals surface area contributed by atoms with Gasteiger partial charge in [-0.15, -0.1) is 0 Å². The van der Waals surface area contributed by atoms with Crippen LogP contribution in [0.25, 0.3) is 0 Å². The maximum Gasteiger partial charge on any atom is 0.277 e. The summed E-state index contributed by atoms with van der Waals surface area (Å²) in [7, 11) is 0. The summed E-state index contributed by atoms with van der Waals surface area (Å²) in [5.74, 6) is 1.18. The van der Waals surface area contributed by atoms with Crippen LogP contribution in [0.2, 0.25) is 0 Å². The van der Waals surface area contributed by atoms with Gasteiger partial charge in [0.25, 0.3) is 10.9 Å². The molecule has 0 aromatic rings. The molecule has 1 aliphatic carbocycles. The Morgan fingerprint density at radius 2 is 2.12 bits per heavy atom. The largest absolute Gasteiger partial charge is 0.327 e. The van der Waals surface area contributed by atoms with Crippen LogP contribution in [0.4, 0.5) is 0 Å². The van der Waals surface area contributed by atoms with Crippen LogP contribution in [0.1, 0.15) is 13.8 Å². The number of nitrogens with two attached hydrogens (primary N) is 1. The van der Waals surface area contributed by atoms with Gasteiger partial charge in [-0.1, -0.05) is 25.6 Å². The molecule has 3 atom stereocenters. The lowest BCUT2D eigenvalue weighted by Crippen LogP contribution is -2.88. The van der Waals surface area contributed by atoms with Gasteiger partial charge < -0.3 is 4.74 Å². The number of nitrogens with one attached hydrogen (secondary N) is 1. The van der Waals surface area contributed by atoms with E-state index in [1.807, 2.05) is 13.8 Å². The number of thioether (sulfide) groups is 1. The Balaban J connectivity index is 2.28. The zero-order valence-electron chi connectivity index (χ0n) is 9.70. The van der Waals surface area contributed by atoms with Crippen LogP contribution < -0.4 is 10.7 Å². The zero-order valence-corrected chi connectivity index (χ0v) is 10.5. The number of nitriles is 2.